The molecule has 0 bridgehead atoms. The zero-order valence-electron chi connectivity index (χ0n) is 45.0. The molecular weight excluding hydrogens is 1030 g/mol. The second-order valence-electron chi connectivity index (χ2n) is 19.9. The Labute approximate surface area is 461 Å². The summed E-state index contributed by atoms with van der Waals surface area (Å²) in [6.45, 7) is 13.7. The van der Waals surface area contributed by atoms with Gasteiger partial charge in [-0.3, -0.25) is 44.0 Å². The van der Waals surface area contributed by atoms with E-state index in [2.05, 4.69) is 45.6 Å². The van der Waals surface area contributed by atoms with Crippen molar-refractivity contribution < 1.29 is 43.6 Å². The number of nitrogens with zero attached hydrogens (tertiary/aromatic N) is 12. The van der Waals surface area contributed by atoms with Crippen LogP contribution in [0.2, 0.25) is 0 Å². The van der Waals surface area contributed by atoms with Crippen LogP contribution >= 0.6 is 0 Å². The summed E-state index contributed by atoms with van der Waals surface area (Å²) in [4.78, 5) is 80.5. The van der Waals surface area contributed by atoms with Gasteiger partial charge in [0.2, 0.25) is 17.7 Å². The lowest BCUT2D eigenvalue weighted by atomic mass is 9.98. The summed E-state index contributed by atoms with van der Waals surface area (Å²) in [5.74, 6) is 1.32. The van der Waals surface area contributed by atoms with E-state index in [4.69, 9.17) is 24.9 Å². The van der Waals surface area contributed by atoms with Crippen molar-refractivity contribution in [3.05, 3.63) is 119 Å². The third-order valence-electron chi connectivity index (χ3n) is 14.3. The third kappa shape index (κ3) is 11.7. The highest BCUT2D eigenvalue weighted by molar-refractivity contribution is 6.20. The zero-order valence-corrected chi connectivity index (χ0v) is 45.0. The lowest BCUT2D eigenvalue weighted by molar-refractivity contribution is 0.0628. The third-order valence-corrected chi connectivity index (χ3v) is 14.3. The molecule has 24 nitrogen and oxygen atoms in total. The Morgan fingerprint density at radius 3 is 2.19 bits per heavy atom. The quantitative estimate of drug-likeness (QED) is 0.0826. The summed E-state index contributed by atoms with van der Waals surface area (Å²) in [5.41, 5.74) is 10.0. The minimum Gasteiger partial charge on any atom is -0.508 e. The molecule has 416 valence electrons. The maximum Gasteiger partial charge on any atom is 0.415 e. The average Bonchev–Trinajstić information content (AvgIpc) is 4.31. The van der Waals surface area contributed by atoms with Gasteiger partial charge < -0.3 is 45.3 Å². The van der Waals surface area contributed by atoms with Gasteiger partial charge in [0, 0.05) is 114 Å². The fraction of sp³-hybridized carbons (Fsp3) is 0.357. The number of nitrogens with one attached hydrogen (secondary N) is 2. The van der Waals surface area contributed by atoms with E-state index in [1.54, 1.807) is 49.3 Å². The summed E-state index contributed by atoms with van der Waals surface area (Å²) >= 11 is 0. The Morgan fingerprint density at radius 2 is 1.49 bits per heavy atom. The molecular formula is C56H63N15O9. The van der Waals surface area contributed by atoms with E-state index in [-0.39, 0.29) is 46.5 Å². The van der Waals surface area contributed by atoms with Crippen LogP contribution in [0.1, 0.15) is 81.1 Å². The Hall–Kier alpha value is -9.16. The van der Waals surface area contributed by atoms with Gasteiger partial charge in [0.1, 0.15) is 28.8 Å². The largest absolute Gasteiger partial charge is 0.508 e. The van der Waals surface area contributed by atoms with Crippen LogP contribution in [-0.4, -0.2) is 187 Å². The van der Waals surface area contributed by atoms with Crippen LogP contribution in [0.5, 0.6) is 28.7 Å². The van der Waals surface area contributed by atoms with Crippen molar-refractivity contribution in [2.45, 2.75) is 39.7 Å². The van der Waals surface area contributed by atoms with Crippen molar-refractivity contribution in [3.63, 3.8) is 0 Å². The fourth-order valence-corrected chi connectivity index (χ4v) is 10.0. The van der Waals surface area contributed by atoms with Gasteiger partial charge in [-0.05, 0) is 85.0 Å². The van der Waals surface area contributed by atoms with Crippen molar-refractivity contribution in [2.75, 3.05) is 98.0 Å². The molecule has 6 N–H and O–H groups in total. The Kier molecular flexibility index (Phi) is 16.1. The zero-order chi connectivity index (χ0) is 56.0. The minimum absolute atomic E-state index is 0.00328. The maximum atomic E-state index is 13.8. The standard InChI is InChI=1S/C56H63N15O9/c1-5-58-52(75)50-65-64-49(42-29-41(34(2)3)43(72)30-44(42)73)71(50)38-11-9-36(10-12-38)53(76)68-24-22-67(23-25-68)33-35-7-13-39(14-8-35)80-56(77)69-26-20-66(21-27-69)18-6-28-79-45-16-15-40-46(47(45)78-4)62-55(70-19-17-59-48(40)70)63-51(74)37-31-60-54(57)61-32-37/h7-16,29-32,34,72-73H,5-6,17-28,33H2,1-4H3,(H,58,75)(H2,57,60,61)(H,62,63,74). The van der Waals surface area contributed by atoms with E-state index >= 15 is 0 Å². The molecule has 0 saturated carbocycles. The summed E-state index contributed by atoms with van der Waals surface area (Å²) in [5, 5.41) is 35.5. The van der Waals surface area contributed by atoms with Gasteiger partial charge in [-0.25, -0.2) is 19.8 Å². The van der Waals surface area contributed by atoms with E-state index in [1.807, 2.05) is 60.0 Å². The maximum absolute atomic E-state index is 13.8. The number of hydrogen-bond acceptors (Lipinski definition) is 19. The van der Waals surface area contributed by atoms with Gasteiger partial charge in [0.05, 0.1) is 31.4 Å². The number of carbonyl (C=O) groups excluding carboxylic acids is 4. The normalized spacial score (nSPS) is 15.4. The minimum atomic E-state index is -0.458. The van der Waals surface area contributed by atoms with E-state index in [9.17, 15) is 29.4 Å². The number of aromatic hydroxyl groups is 2. The average molecular weight is 1090 g/mol. The summed E-state index contributed by atoms with van der Waals surface area (Å²) in [6, 6.07) is 21.0. The van der Waals surface area contributed by atoms with Crippen LogP contribution < -0.4 is 30.6 Å². The first-order valence-electron chi connectivity index (χ1n) is 26.6. The van der Waals surface area contributed by atoms with Crippen LogP contribution in [0.25, 0.3) is 17.1 Å². The number of methoxy groups -OCH3 is 1. The molecule has 10 rings (SSSR count). The first-order valence-corrected chi connectivity index (χ1v) is 26.6. The van der Waals surface area contributed by atoms with Gasteiger partial charge >= 0.3 is 6.09 Å². The number of fused-ring (bicyclic) bond motifs is 3. The fourth-order valence-electron chi connectivity index (χ4n) is 10.0. The van der Waals surface area contributed by atoms with E-state index in [1.165, 1.54) is 23.0 Å². The number of piperazine rings is 2. The second kappa shape index (κ2) is 23.8. The molecule has 4 aromatic carbocycles. The van der Waals surface area contributed by atoms with Crippen LogP contribution in [-0.2, 0) is 6.54 Å². The number of rotatable bonds is 16. The van der Waals surface area contributed by atoms with E-state index < -0.39 is 17.9 Å². The number of aromatic nitrogens is 5. The first kappa shape index (κ1) is 54.2. The van der Waals surface area contributed by atoms with Crippen LogP contribution in [0, 0.1) is 0 Å². The van der Waals surface area contributed by atoms with Gasteiger partial charge in [-0.2, -0.15) is 0 Å². The monoisotopic (exact) mass is 1090 g/mol. The van der Waals surface area contributed by atoms with Crippen molar-refractivity contribution >= 4 is 47.2 Å². The molecule has 0 radical (unpaired) electrons. The number of ether oxygens (including phenoxy) is 3. The smallest absolute Gasteiger partial charge is 0.415 e. The number of aliphatic imine (C=N–C) groups is 2. The highest BCUT2D eigenvalue weighted by atomic mass is 16.6. The highest BCUT2D eigenvalue weighted by Crippen LogP contribution is 2.43. The van der Waals surface area contributed by atoms with Crippen LogP contribution in [0.15, 0.2) is 95.2 Å². The molecule has 6 aromatic rings. The van der Waals surface area contributed by atoms with Crippen molar-refractivity contribution in [2.24, 2.45) is 9.98 Å². The van der Waals surface area contributed by atoms with Gasteiger partial charge in [0.25, 0.3) is 17.7 Å². The molecule has 4 amide bonds. The Bertz CT molecular complexity index is 3330. The summed E-state index contributed by atoms with van der Waals surface area (Å²) in [7, 11) is 1.55. The molecule has 2 aromatic heterocycles. The van der Waals surface area contributed by atoms with Gasteiger partial charge in [0.15, 0.2) is 17.3 Å². The van der Waals surface area contributed by atoms with E-state index in [0.29, 0.717) is 142 Å². The number of nitrogen functional groups attached to an aromatic ring is 1. The van der Waals surface area contributed by atoms with Crippen molar-refractivity contribution in [1.29, 1.82) is 0 Å². The number of carbonyl (C=O) groups is 4. The lowest BCUT2D eigenvalue weighted by Crippen LogP contribution is -2.49. The number of benzene rings is 4. The topological polar surface area (TPSA) is 284 Å². The molecule has 4 aliphatic heterocycles. The molecule has 0 aliphatic carbocycles. The van der Waals surface area contributed by atoms with Crippen molar-refractivity contribution in [3.8, 4) is 45.8 Å². The van der Waals surface area contributed by atoms with E-state index in [0.717, 1.165) is 24.1 Å². The summed E-state index contributed by atoms with van der Waals surface area (Å²) < 4.78 is 19.4. The number of guanidine groups is 1. The molecule has 0 spiro atoms. The number of amides is 4. The molecule has 6 heterocycles. The highest BCUT2D eigenvalue weighted by Gasteiger charge is 2.34. The SMILES string of the molecule is CCNC(=O)c1nnc(-c2cc(C(C)C)c(O)cc2O)n1-c1ccc(C(=O)N2CCN(Cc3ccc(OC(=O)N4CCN(CCCOc5ccc6c(c5OC)N=C(NC(=O)c5cnc(N)nc5)N5CCN=C65)CC4)cc3)CC2)cc1. The number of nitrogens with two attached hydrogens (primary N) is 1. The number of phenolic OH excluding ortho intramolecular Hbond substituents is 2. The number of hydrogen-bond donors (Lipinski definition) is 5. The molecule has 0 unspecified atom stereocenters. The van der Waals surface area contributed by atoms with Crippen LogP contribution in [0.3, 0.4) is 0 Å². The molecule has 24 heteroatoms. The predicted molar refractivity (Wildman–Crippen MR) is 296 cm³/mol. The number of anilines is 1. The Morgan fingerprint density at radius 1 is 0.775 bits per heavy atom. The second-order valence-corrected chi connectivity index (χ2v) is 19.9. The molecule has 80 heavy (non-hydrogen) atoms. The lowest BCUT2D eigenvalue weighted by Gasteiger charge is -2.35. The van der Waals surface area contributed by atoms with Gasteiger partial charge in [-0.1, -0.05) is 26.0 Å². The number of phenols is 2. The van der Waals surface area contributed by atoms with Gasteiger partial charge in [-0.15, -0.1) is 10.2 Å². The Balaban J connectivity index is 0.663. The van der Waals surface area contributed by atoms with Crippen molar-refractivity contribution in [1.82, 2.24) is 59.9 Å². The molecule has 4 aliphatic rings. The molecule has 2 saturated heterocycles. The summed E-state index contributed by atoms with van der Waals surface area (Å²) in [6.07, 6.45) is 3.04. The predicted octanol–water partition coefficient (Wildman–Crippen LogP) is 4.64. The first-order chi connectivity index (χ1) is 38.8. The van der Waals surface area contributed by atoms with Crippen LogP contribution in [0.4, 0.5) is 16.4 Å². The molecule has 2 fully saturated rings. The molecule has 0 atom stereocenters. The number of amidine groups is 1.